The lowest BCUT2D eigenvalue weighted by molar-refractivity contribution is -0.137. The summed E-state index contributed by atoms with van der Waals surface area (Å²) in [6, 6.07) is 4.84. The average molecular weight is 517 g/mol. The molecule has 4 rings (SSSR count). The van der Waals surface area contributed by atoms with E-state index in [2.05, 4.69) is 9.82 Å². The Labute approximate surface area is 201 Å². The van der Waals surface area contributed by atoms with E-state index < -0.39 is 27.8 Å². The van der Waals surface area contributed by atoms with Crippen LogP contribution in [-0.2, 0) is 27.5 Å². The van der Waals surface area contributed by atoms with Crippen LogP contribution in [0.15, 0.2) is 30.5 Å². The lowest BCUT2D eigenvalue weighted by Crippen LogP contribution is -2.49. The largest absolute Gasteiger partial charge is 0.416 e. The predicted molar refractivity (Wildman–Crippen MR) is 123 cm³/mol. The topological polar surface area (TPSA) is 100 Å². The van der Waals surface area contributed by atoms with Gasteiger partial charge in [-0.2, -0.15) is 17.9 Å². The van der Waals surface area contributed by atoms with Crippen LogP contribution < -0.4 is 9.62 Å². The van der Waals surface area contributed by atoms with Crippen molar-refractivity contribution in [3.8, 4) is 0 Å². The van der Waals surface area contributed by atoms with Crippen molar-refractivity contribution in [2.24, 2.45) is 0 Å². The lowest BCUT2D eigenvalue weighted by Gasteiger charge is -2.36. The van der Waals surface area contributed by atoms with E-state index in [-0.39, 0.29) is 5.82 Å². The van der Waals surface area contributed by atoms with Gasteiger partial charge in [-0.15, -0.1) is 5.10 Å². The fraction of sp³-hybridized carbons (Fsp3) is 0.524. The molecule has 1 amide bonds. The van der Waals surface area contributed by atoms with Gasteiger partial charge >= 0.3 is 12.2 Å². The molecule has 2 fully saturated rings. The number of amides is 1. The van der Waals surface area contributed by atoms with Gasteiger partial charge in [-0.3, -0.25) is 9.62 Å². The molecule has 10 nitrogen and oxygen atoms in total. The Bertz CT molecular complexity index is 1160. The number of morpholine rings is 1. The third-order valence-corrected chi connectivity index (χ3v) is 6.45. The van der Waals surface area contributed by atoms with Crippen molar-refractivity contribution >= 4 is 27.6 Å². The average Bonchev–Trinajstić information content (AvgIpc) is 3.26. The van der Waals surface area contributed by atoms with Crippen LogP contribution in [0.5, 0.6) is 0 Å². The molecule has 14 heteroatoms. The summed E-state index contributed by atoms with van der Waals surface area (Å²) in [7, 11) is -3.51. The Morgan fingerprint density at radius 1 is 1.09 bits per heavy atom. The number of halogens is 3. The maximum Gasteiger partial charge on any atom is 0.416 e. The summed E-state index contributed by atoms with van der Waals surface area (Å²) < 4.78 is 71.4. The molecular weight excluding hydrogens is 489 g/mol. The number of carbonyl (C=O) groups excluding carboxylic acids is 1. The summed E-state index contributed by atoms with van der Waals surface area (Å²) in [5, 5.41) is 3.95. The summed E-state index contributed by atoms with van der Waals surface area (Å²) in [6.07, 6.45) is -2.07. The highest BCUT2D eigenvalue weighted by molar-refractivity contribution is 7.92. The van der Waals surface area contributed by atoms with Crippen LogP contribution in [0.3, 0.4) is 0 Å². The summed E-state index contributed by atoms with van der Waals surface area (Å²) >= 11 is 0. The van der Waals surface area contributed by atoms with Gasteiger partial charge in [-0.05, 0) is 23.8 Å². The molecule has 0 spiro atoms. The molecule has 2 aliphatic rings. The summed E-state index contributed by atoms with van der Waals surface area (Å²) in [5.74, 6) is 0.0414. The van der Waals surface area contributed by atoms with Gasteiger partial charge < -0.3 is 14.5 Å². The van der Waals surface area contributed by atoms with E-state index in [1.165, 1.54) is 24.4 Å². The molecule has 0 radical (unpaired) electrons. The number of carbonyl (C=O) groups is 1. The molecular formula is C21H27F3N6O4S. The smallest absolute Gasteiger partial charge is 0.378 e. The molecule has 0 aliphatic carbocycles. The Kier molecular flexibility index (Phi) is 7.24. The second-order valence-corrected chi connectivity index (χ2v) is 10.3. The van der Waals surface area contributed by atoms with Gasteiger partial charge in [-0.25, -0.2) is 13.2 Å². The third kappa shape index (κ3) is 6.44. The zero-order chi connectivity index (χ0) is 25.2. The first kappa shape index (κ1) is 25.3. The van der Waals surface area contributed by atoms with Crippen LogP contribution in [0.2, 0.25) is 0 Å². The monoisotopic (exact) mass is 516 g/mol. The van der Waals surface area contributed by atoms with E-state index in [4.69, 9.17) is 4.74 Å². The van der Waals surface area contributed by atoms with Gasteiger partial charge in [0.25, 0.3) is 0 Å². The first-order valence-electron chi connectivity index (χ1n) is 11.1. The number of benzene rings is 1. The summed E-state index contributed by atoms with van der Waals surface area (Å²) in [6.45, 7) is 4.26. The molecule has 1 aromatic carbocycles. The number of hydrogen-bond acceptors (Lipinski definition) is 7. The van der Waals surface area contributed by atoms with Crippen molar-refractivity contribution in [3.05, 3.63) is 41.6 Å². The van der Waals surface area contributed by atoms with Crippen LogP contribution in [0.4, 0.5) is 29.5 Å². The number of sulfonamides is 1. The molecule has 0 unspecified atom stereocenters. The minimum atomic E-state index is -4.43. The van der Waals surface area contributed by atoms with Crippen molar-refractivity contribution in [2.75, 3.05) is 68.4 Å². The van der Waals surface area contributed by atoms with E-state index in [1.807, 2.05) is 9.80 Å². The molecule has 2 aliphatic heterocycles. The van der Waals surface area contributed by atoms with Crippen molar-refractivity contribution in [3.63, 3.8) is 0 Å². The van der Waals surface area contributed by atoms with Gasteiger partial charge in [0.1, 0.15) is 0 Å². The maximum atomic E-state index is 13.4. The Hall–Kier alpha value is -2.84. The number of hydrogen-bond donors (Lipinski definition) is 1. The molecule has 0 bridgehead atoms. The highest BCUT2D eigenvalue weighted by atomic mass is 32.2. The van der Waals surface area contributed by atoms with E-state index in [9.17, 15) is 26.4 Å². The number of alkyl halides is 3. The van der Waals surface area contributed by atoms with Crippen LogP contribution in [0.25, 0.3) is 0 Å². The third-order valence-electron chi connectivity index (χ3n) is 5.87. The van der Waals surface area contributed by atoms with E-state index in [1.54, 1.807) is 4.90 Å². The van der Waals surface area contributed by atoms with Crippen LogP contribution >= 0.6 is 0 Å². The first-order chi connectivity index (χ1) is 16.5. The Morgan fingerprint density at radius 3 is 2.40 bits per heavy atom. The molecule has 0 saturated carbocycles. The lowest BCUT2D eigenvalue weighted by atomic mass is 10.1. The molecule has 192 valence electrons. The van der Waals surface area contributed by atoms with Gasteiger partial charge in [0.2, 0.25) is 10.0 Å². The number of piperazine rings is 1. The molecule has 0 atom stereocenters. The zero-order valence-corrected chi connectivity index (χ0v) is 20.0. The fourth-order valence-corrected chi connectivity index (χ4v) is 4.65. The van der Waals surface area contributed by atoms with Crippen molar-refractivity contribution in [1.29, 1.82) is 0 Å². The quantitative estimate of drug-likeness (QED) is 0.648. The van der Waals surface area contributed by atoms with Gasteiger partial charge in [0, 0.05) is 63.8 Å². The number of aromatic nitrogens is 2. The molecule has 1 aromatic heterocycles. The molecule has 2 aromatic rings. The number of nitrogens with one attached hydrogen (secondary N) is 1. The Morgan fingerprint density at radius 2 is 1.77 bits per heavy atom. The zero-order valence-electron chi connectivity index (χ0n) is 19.2. The highest BCUT2D eigenvalue weighted by Crippen LogP contribution is 2.34. The number of nitrogens with zero attached hydrogens (tertiary/aromatic N) is 5. The van der Waals surface area contributed by atoms with E-state index >= 15 is 0 Å². The van der Waals surface area contributed by atoms with E-state index in [0.717, 1.165) is 22.7 Å². The van der Waals surface area contributed by atoms with Crippen LogP contribution in [0.1, 0.15) is 11.1 Å². The Balaban J connectivity index is 1.42. The summed E-state index contributed by atoms with van der Waals surface area (Å²) in [5.41, 5.74) is 0.669. The van der Waals surface area contributed by atoms with Crippen molar-refractivity contribution in [1.82, 2.24) is 19.6 Å². The minimum Gasteiger partial charge on any atom is -0.378 e. The van der Waals surface area contributed by atoms with Crippen molar-refractivity contribution in [2.45, 2.75) is 12.7 Å². The van der Waals surface area contributed by atoms with Crippen LogP contribution in [0, 0.1) is 0 Å². The molecule has 2 saturated heterocycles. The second-order valence-electron chi connectivity index (χ2n) is 8.51. The number of anilines is 2. The van der Waals surface area contributed by atoms with Gasteiger partial charge in [-0.1, -0.05) is 0 Å². The maximum absolute atomic E-state index is 13.4. The van der Waals surface area contributed by atoms with E-state index in [0.29, 0.717) is 64.6 Å². The standard InChI is InChI=1S/C21H27F3N6O4S/c1-35(32,33)26-19-4-5-30(25-19)20(31)29-8-6-27(7-9-29)15-16-14-17(21(22,23)24)2-3-18(16)28-10-12-34-13-11-28/h2-5,14H,6-13,15H2,1H3,(H,25,26). The predicted octanol–water partition coefficient (Wildman–Crippen LogP) is 1.90. The summed E-state index contributed by atoms with van der Waals surface area (Å²) in [4.78, 5) is 18.4. The second kappa shape index (κ2) is 10.0. The normalized spacial score (nSPS) is 18.1. The van der Waals surface area contributed by atoms with Crippen molar-refractivity contribution < 1.29 is 31.1 Å². The SMILES string of the molecule is CS(=O)(=O)Nc1ccn(C(=O)N2CCN(Cc3cc(C(F)(F)F)ccc3N3CCOCC3)CC2)n1. The number of rotatable bonds is 5. The molecule has 3 heterocycles. The van der Waals surface area contributed by atoms with Gasteiger partial charge in [0.15, 0.2) is 5.82 Å². The molecule has 35 heavy (non-hydrogen) atoms. The molecule has 1 N–H and O–H groups in total. The van der Waals surface area contributed by atoms with Crippen LogP contribution in [-0.4, -0.2) is 92.8 Å². The fourth-order valence-electron chi connectivity index (χ4n) is 4.16. The van der Waals surface area contributed by atoms with Gasteiger partial charge in [0.05, 0.1) is 25.0 Å². The first-order valence-corrected chi connectivity index (χ1v) is 13.0. The number of ether oxygens (including phenoxy) is 1. The highest BCUT2D eigenvalue weighted by Gasteiger charge is 2.32. The minimum absolute atomic E-state index is 0.0414.